The van der Waals surface area contributed by atoms with Crippen LogP contribution in [-0.2, 0) is 0 Å². The number of alkyl halides is 1. The maximum absolute atomic E-state index is 12.2. The molecule has 3 N–H and O–H groups in total. The summed E-state index contributed by atoms with van der Waals surface area (Å²) in [7, 11) is 0. The zero-order valence-electron chi connectivity index (χ0n) is 11.8. The first-order chi connectivity index (χ1) is 10.7. The normalized spacial score (nSPS) is 10.8. The molecule has 0 aliphatic rings. The van der Waals surface area contributed by atoms with Crippen LogP contribution in [0.25, 0.3) is 22.3 Å². The van der Waals surface area contributed by atoms with E-state index in [2.05, 4.69) is 5.32 Å². The summed E-state index contributed by atoms with van der Waals surface area (Å²) >= 11 is 5.64. The fourth-order valence-electron chi connectivity index (χ4n) is 2.32. The second-order valence-electron chi connectivity index (χ2n) is 4.89. The Morgan fingerprint density at radius 2 is 1.91 bits per heavy atom. The number of anilines is 2. The van der Waals surface area contributed by atoms with Crippen molar-refractivity contribution >= 4 is 33.9 Å². The lowest BCUT2D eigenvalue weighted by atomic mass is 10.1. The highest BCUT2D eigenvalue weighted by Gasteiger charge is 2.09. The Morgan fingerprint density at radius 1 is 1.14 bits per heavy atom. The number of hydrogen-bond acceptors (Lipinski definition) is 4. The van der Waals surface area contributed by atoms with Gasteiger partial charge in [-0.2, -0.15) is 0 Å². The van der Waals surface area contributed by atoms with Crippen molar-refractivity contribution in [3.8, 4) is 11.3 Å². The van der Waals surface area contributed by atoms with Crippen molar-refractivity contribution in [3.63, 3.8) is 0 Å². The fourth-order valence-corrected chi connectivity index (χ4v) is 2.42. The van der Waals surface area contributed by atoms with Crippen LogP contribution in [-0.4, -0.2) is 12.4 Å². The first-order valence-electron chi connectivity index (χ1n) is 6.91. The highest BCUT2D eigenvalue weighted by atomic mass is 35.5. The van der Waals surface area contributed by atoms with Gasteiger partial charge in [-0.15, -0.1) is 11.6 Å². The molecule has 3 rings (SSSR count). The van der Waals surface area contributed by atoms with E-state index in [4.69, 9.17) is 21.8 Å². The monoisotopic (exact) mass is 314 g/mol. The minimum absolute atomic E-state index is 0.140. The number of hydrogen-bond donors (Lipinski definition) is 2. The number of rotatable bonds is 4. The molecule has 4 nitrogen and oxygen atoms in total. The number of fused-ring (bicyclic) bond motifs is 1. The van der Waals surface area contributed by atoms with E-state index in [1.165, 1.54) is 6.07 Å². The number of nitrogens with one attached hydrogen (secondary N) is 1. The van der Waals surface area contributed by atoms with Crippen LogP contribution in [0.4, 0.5) is 11.4 Å². The molecule has 1 heterocycles. The number of benzene rings is 2. The molecule has 5 heteroatoms. The first-order valence-corrected chi connectivity index (χ1v) is 7.45. The highest BCUT2D eigenvalue weighted by Crippen LogP contribution is 2.25. The zero-order valence-corrected chi connectivity index (χ0v) is 12.6. The Morgan fingerprint density at radius 3 is 2.64 bits per heavy atom. The molecule has 0 amide bonds. The lowest BCUT2D eigenvalue weighted by Crippen LogP contribution is -2.04. The third kappa shape index (κ3) is 2.78. The predicted molar refractivity (Wildman–Crippen MR) is 91.5 cm³/mol. The lowest BCUT2D eigenvalue weighted by molar-refractivity contribution is 0.619. The van der Waals surface area contributed by atoms with E-state index in [1.54, 1.807) is 18.2 Å². The van der Waals surface area contributed by atoms with Gasteiger partial charge in [-0.25, -0.2) is 0 Å². The zero-order chi connectivity index (χ0) is 15.5. The number of nitrogens with two attached hydrogens (primary N) is 1. The van der Waals surface area contributed by atoms with Crippen LogP contribution in [0.3, 0.4) is 0 Å². The smallest absolute Gasteiger partial charge is 0.195 e. The summed E-state index contributed by atoms with van der Waals surface area (Å²) in [5.41, 5.74) is 8.42. The Balaban J connectivity index is 2.01. The second-order valence-corrected chi connectivity index (χ2v) is 5.27. The lowest BCUT2D eigenvalue weighted by Gasteiger charge is -2.07. The Kier molecular flexibility index (Phi) is 4.02. The van der Waals surface area contributed by atoms with Crippen LogP contribution < -0.4 is 16.5 Å². The Hall–Kier alpha value is -2.46. The van der Waals surface area contributed by atoms with Crippen LogP contribution in [0.2, 0.25) is 0 Å². The fraction of sp³-hybridized carbons (Fsp3) is 0.118. The molecular formula is C17H15ClN2O2. The third-order valence-electron chi connectivity index (χ3n) is 3.38. The molecule has 1 aromatic heterocycles. The van der Waals surface area contributed by atoms with Crippen molar-refractivity contribution in [2.75, 3.05) is 23.5 Å². The molecule has 2 aromatic carbocycles. The molecule has 0 saturated carbocycles. The molecule has 0 radical (unpaired) electrons. The SMILES string of the molecule is Nc1cccc2oc(-c3ccc(NCCCl)cc3)cc(=O)c12. The quantitative estimate of drug-likeness (QED) is 0.569. The molecule has 0 atom stereocenters. The predicted octanol–water partition coefficient (Wildman–Crippen LogP) is 3.69. The van der Waals surface area contributed by atoms with Gasteiger partial charge in [0.15, 0.2) is 5.43 Å². The topological polar surface area (TPSA) is 68.3 Å². The second kappa shape index (κ2) is 6.12. The highest BCUT2D eigenvalue weighted by molar-refractivity contribution is 6.18. The number of halogens is 1. The molecule has 112 valence electrons. The van der Waals surface area contributed by atoms with Gasteiger partial charge in [0, 0.05) is 35.4 Å². The summed E-state index contributed by atoms with van der Waals surface area (Å²) in [5.74, 6) is 1.06. The van der Waals surface area contributed by atoms with Crippen LogP contribution in [0.15, 0.2) is 57.7 Å². The van der Waals surface area contributed by atoms with Crippen molar-refractivity contribution in [2.45, 2.75) is 0 Å². The Labute approximate surface area is 132 Å². The van der Waals surface area contributed by atoms with Gasteiger partial charge >= 0.3 is 0 Å². The maximum Gasteiger partial charge on any atom is 0.195 e. The van der Waals surface area contributed by atoms with Crippen molar-refractivity contribution < 1.29 is 4.42 Å². The third-order valence-corrected chi connectivity index (χ3v) is 3.57. The van der Waals surface area contributed by atoms with Gasteiger partial charge in [-0.05, 0) is 36.4 Å². The van der Waals surface area contributed by atoms with Crippen molar-refractivity contribution in [1.82, 2.24) is 0 Å². The van der Waals surface area contributed by atoms with Crippen molar-refractivity contribution in [3.05, 3.63) is 58.8 Å². The van der Waals surface area contributed by atoms with Gasteiger partial charge < -0.3 is 15.5 Å². The van der Waals surface area contributed by atoms with Crippen LogP contribution in [0.1, 0.15) is 0 Å². The van der Waals surface area contributed by atoms with E-state index in [1.807, 2.05) is 24.3 Å². The summed E-state index contributed by atoms with van der Waals surface area (Å²) in [6.07, 6.45) is 0. The molecule has 0 fully saturated rings. The molecule has 0 aliphatic carbocycles. The van der Waals surface area contributed by atoms with Gasteiger partial charge in [-0.3, -0.25) is 4.79 Å². The summed E-state index contributed by atoms with van der Waals surface area (Å²) < 4.78 is 5.81. The summed E-state index contributed by atoms with van der Waals surface area (Å²) in [5, 5.41) is 3.60. The average Bonchev–Trinajstić information content (AvgIpc) is 2.53. The van der Waals surface area contributed by atoms with Crippen molar-refractivity contribution in [1.29, 1.82) is 0 Å². The first kappa shape index (κ1) is 14.5. The largest absolute Gasteiger partial charge is 0.456 e. The van der Waals surface area contributed by atoms with E-state index in [9.17, 15) is 4.79 Å². The van der Waals surface area contributed by atoms with Gasteiger partial charge in [0.25, 0.3) is 0 Å². The van der Waals surface area contributed by atoms with E-state index < -0.39 is 0 Å². The molecule has 3 aromatic rings. The van der Waals surface area contributed by atoms with E-state index >= 15 is 0 Å². The Bertz CT molecular complexity index is 857. The molecule has 22 heavy (non-hydrogen) atoms. The molecule has 0 unspecified atom stereocenters. The van der Waals surface area contributed by atoms with Gasteiger partial charge in [0.2, 0.25) is 0 Å². The summed E-state index contributed by atoms with van der Waals surface area (Å²) in [6.45, 7) is 0.700. The minimum atomic E-state index is -0.140. The summed E-state index contributed by atoms with van der Waals surface area (Å²) in [4.78, 5) is 12.2. The molecule has 0 bridgehead atoms. The van der Waals surface area contributed by atoms with E-state index in [0.717, 1.165) is 11.3 Å². The standard InChI is InChI=1S/C17H15ClN2O2/c18-8-9-20-12-6-4-11(5-7-12)16-10-14(21)17-13(19)2-1-3-15(17)22-16/h1-7,10,20H,8-9,19H2. The minimum Gasteiger partial charge on any atom is -0.456 e. The van der Waals surface area contributed by atoms with Gasteiger partial charge in [-0.1, -0.05) is 6.07 Å². The van der Waals surface area contributed by atoms with Crippen LogP contribution in [0.5, 0.6) is 0 Å². The number of nitrogen functional groups attached to an aromatic ring is 1. The van der Waals surface area contributed by atoms with Gasteiger partial charge in [0.05, 0.1) is 5.39 Å². The maximum atomic E-state index is 12.2. The molecule has 0 saturated heterocycles. The van der Waals surface area contributed by atoms with Crippen molar-refractivity contribution in [2.24, 2.45) is 0 Å². The van der Waals surface area contributed by atoms with E-state index in [0.29, 0.717) is 34.8 Å². The van der Waals surface area contributed by atoms with Gasteiger partial charge in [0.1, 0.15) is 11.3 Å². The summed E-state index contributed by atoms with van der Waals surface area (Å²) in [6, 6.07) is 14.3. The molecule has 0 spiro atoms. The van der Waals surface area contributed by atoms with Crippen LogP contribution in [0, 0.1) is 0 Å². The van der Waals surface area contributed by atoms with Crippen LogP contribution >= 0.6 is 11.6 Å². The average molecular weight is 315 g/mol. The molecular weight excluding hydrogens is 300 g/mol. The van der Waals surface area contributed by atoms with E-state index in [-0.39, 0.29) is 5.43 Å². The molecule has 0 aliphatic heterocycles.